The Morgan fingerprint density at radius 2 is 2.18 bits per heavy atom. The first-order chi connectivity index (χ1) is 7.95. The average Bonchev–Trinajstić information content (AvgIpc) is 2.24. The quantitative estimate of drug-likeness (QED) is 0.870. The van der Waals surface area contributed by atoms with Crippen molar-refractivity contribution in [2.75, 3.05) is 0 Å². The first-order valence-corrected chi connectivity index (χ1v) is 5.32. The molecule has 0 bridgehead atoms. The van der Waals surface area contributed by atoms with E-state index >= 15 is 0 Å². The fraction of sp³-hybridized carbons (Fsp3) is 0.273. The zero-order valence-corrected chi connectivity index (χ0v) is 9.79. The summed E-state index contributed by atoms with van der Waals surface area (Å²) in [6.45, 7) is 1.63. The standard InChI is InChI=1S/C11H11ClFNO3/c1-2-9(11(16)17)14-10(15)7-4-3-6(13)5-8(7)12/h3-5,9H,2H2,1H3,(H,14,15)(H,16,17)/t9-/m1/s1. The third kappa shape index (κ3) is 3.42. The number of hydrogen-bond acceptors (Lipinski definition) is 2. The van der Waals surface area contributed by atoms with Crippen molar-refractivity contribution in [3.63, 3.8) is 0 Å². The second-order valence-electron chi connectivity index (χ2n) is 3.40. The van der Waals surface area contributed by atoms with E-state index in [1.165, 1.54) is 6.07 Å². The van der Waals surface area contributed by atoms with E-state index in [0.717, 1.165) is 12.1 Å². The van der Waals surface area contributed by atoms with E-state index in [1.54, 1.807) is 6.92 Å². The van der Waals surface area contributed by atoms with Crippen LogP contribution in [0.5, 0.6) is 0 Å². The van der Waals surface area contributed by atoms with Crippen LogP contribution in [-0.4, -0.2) is 23.0 Å². The number of carbonyl (C=O) groups is 2. The van der Waals surface area contributed by atoms with Crippen LogP contribution in [0.4, 0.5) is 4.39 Å². The number of amides is 1. The highest BCUT2D eigenvalue weighted by Gasteiger charge is 2.19. The number of aliphatic carboxylic acids is 1. The maximum Gasteiger partial charge on any atom is 0.326 e. The molecular formula is C11H11ClFNO3. The van der Waals surface area contributed by atoms with Gasteiger partial charge < -0.3 is 10.4 Å². The van der Waals surface area contributed by atoms with Crippen LogP contribution >= 0.6 is 11.6 Å². The van der Waals surface area contributed by atoms with E-state index in [9.17, 15) is 14.0 Å². The van der Waals surface area contributed by atoms with Gasteiger partial charge >= 0.3 is 5.97 Å². The molecule has 0 fully saturated rings. The van der Waals surface area contributed by atoms with Crippen molar-refractivity contribution in [3.8, 4) is 0 Å². The van der Waals surface area contributed by atoms with Crippen LogP contribution in [0.15, 0.2) is 18.2 Å². The third-order valence-corrected chi connectivity index (χ3v) is 2.50. The summed E-state index contributed by atoms with van der Waals surface area (Å²) in [5, 5.41) is 11.0. The molecule has 0 heterocycles. The Morgan fingerprint density at radius 1 is 1.53 bits per heavy atom. The van der Waals surface area contributed by atoms with Gasteiger partial charge in [-0.1, -0.05) is 18.5 Å². The van der Waals surface area contributed by atoms with Crippen molar-refractivity contribution in [3.05, 3.63) is 34.6 Å². The molecule has 1 aromatic carbocycles. The molecule has 1 rings (SSSR count). The Hall–Kier alpha value is -1.62. The summed E-state index contributed by atoms with van der Waals surface area (Å²) in [6.07, 6.45) is 0.250. The molecule has 1 aromatic rings. The van der Waals surface area contributed by atoms with Crippen LogP contribution in [0, 0.1) is 5.82 Å². The smallest absolute Gasteiger partial charge is 0.326 e. The van der Waals surface area contributed by atoms with Crippen molar-refractivity contribution in [2.24, 2.45) is 0 Å². The molecule has 0 aromatic heterocycles. The second kappa shape index (κ2) is 5.63. The van der Waals surface area contributed by atoms with Crippen molar-refractivity contribution in [2.45, 2.75) is 19.4 Å². The summed E-state index contributed by atoms with van der Waals surface area (Å²) in [5.41, 5.74) is 0.0489. The number of halogens is 2. The van der Waals surface area contributed by atoms with Gasteiger partial charge in [0.25, 0.3) is 5.91 Å². The first kappa shape index (κ1) is 13.4. The summed E-state index contributed by atoms with van der Waals surface area (Å²) in [4.78, 5) is 22.4. The number of nitrogens with one attached hydrogen (secondary N) is 1. The highest BCUT2D eigenvalue weighted by atomic mass is 35.5. The number of benzene rings is 1. The average molecular weight is 260 g/mol. The van der Waals surface area contributed by atoms with Gasteiger partial charge in [-0.3, -0.25) is 4.79 Å². The van der Waals surface area contributed by atoms with Gasteiger partial charge in [-0.25, -0.2) is 9.18 Å². The molecule has 0 unspecified atom stereocenters. The van der Waals surface area contributed by atoms with Crippen molar-refractivity contribution < 1.29 is 19.1 Å². The molecule has 1 amide bonds. The summed E-state index contributed by atoms with van der Waals surface area (Å²) < 4.78 is 12.8. The van der Waals surface area contributed by atoms with Gasteiger partial charge in [0.1, 0.15) is 11.9 Å². The minimum absolute atomic E-state index is 0.0489. The zero-order valence-electron chi connectivity index (χ0n) is 9.04. The van der Waals surface area contributed by atoms with Crippen LogP contribution in [0.2, 0.25) is 5.02 Å². The molecule has 0 aliphatic rings. The maximum absolute atomic E-state index is 12.8. The highest BCUT2D eigenvalue weighted by Crippen LogP contribution is 2.17. The second-order valence-corrected chi connectivity index (χ2v) is 3.80. The van der Waals surface area contributed by atoms with E-state index in [1.807, 2.05) is 0 Å². The van der Waals surface area contributed by atoms with E-state index in [0.29, 0.717) is 0 Å². The largest absolute Gasteiger partial charge is 0.480 e. The molecule has 6 heteroatoms. The number of hydrogen-bond donors (Lipinski definition) is 2. The molecule has 0 spiro atoms. The predicted octanol–water partition coefficient (Wildman–Crippen LogP) is 2.07. The summed E-state index contributed by atoms with van der Waals surface area (Å²) in [5.74, 6) is -2.32. The minimum atomic E-state index is -1.13. The Morgan fingerprint density at radius 3 is 2.65 bits per heavy atom. The predicted molar refractivity (Wildman–Crippen MR) is 60.6 cm³/mol. The van der Waals surface area contributed by atoms with Gasteiger partial charge in [0.05, 0.1) is 10.6 Å². The van der Waals surface area contributed by atoms with Crippen molar-refractivity contribution >= 4 is 23.5 Å². The van der Waals surface area contributed by atoms with Gasteiger partial charge in [-0.2, -0.15) is 0 Å². The molecule has 92 valence electrons. The molecule has 1 atom stereocenters. The molecule has 0 aliphatic carbocycles. The number of carboxylic acid groups (broad SMARTS) is 1. The fourth-order valence-corrected chi connectivity index (χ4v) is 1.50. The molecule has 4 nitrogen and oxygen atoms in total. The summed E-state index contributed by atoms with van der Waals surface area (Å²) in [6, 6.07) is 2.31. The van der Waals surface area contributed by atoms with Crippen LogP contribution in [0.1, 0.15) is 23.7 Å². The van der Waals surface area contributed by atoms with E-state index in [4.69, 9.17) is 16.7 Å². The summed E-state index contributed by atoms with van der Waals surface area (Å²) >= 11 is 5.68. The van der Waals surface area contributed by atoms with Crippen LogP contribution in [0.3, 0.4) is 0 Å². The number of carboxylic acids is 1. The van der Waals surface area contributed by atoms with Crippen LogP contribution in [0.25, 0.3) is 0 Å². The highest BCUT2D eigenvalue weighted by molar-refractivity contribution is 6.33. The maximum atomic E-state index is 12.8. The van der Waals surface area contributed by atoms with Crippen molar-refractivity contribution in [1.82, 2.24) is 5.32 Å². The van der Waals surface area contributed by atoms with Crippen LogP contribution in [-0.2, 0) is 4.79 Å². The minimum Gasteiger partial charge on any atom is -0.480 e. The molecule has 17 heavy (non-hydrogen) atoms. The normalized spacial score (nSPS) is 11.9. The van der Waals surface area contributed by atoms with Gasteiger partial charge in [0, 0.05) is 0 Å². The van der Waals surface area contributed by atoms with Crippen molar-refractivity contribution in [1.29, 1.82) is 0 Å². The lowest BCUT2D eigenvalue weighted by atomic mass is 10.1. The lowest BCUT2D eigenvalue weighted by molar-refractivity contribution is -0.139. The lowest BCUT2D eigenvalue weighted by Gasteiger charge is -2.12. The third-order valence-electron chi connectivity index (χ3n) is 2.19. The van der Waals surface area contributed by atoms with Gasteiger partial charge in [0.15, 0.2) is 0 Å². The van der Waals surface area contributed by atoms with E-state index in [2.05, 4.69) is 5.32 Å². The topological polar surface area (TPSA) is 66.4 Å². The number of rotatable bonds is 4. The number of carbonyl (C=O) groups excluding carboxylic acids is 1. The SMILES string of the molecule is CC[C@@H](NC(=O)c1ccc(F)cc1Cl)C(=O)O. The molecule has 0 saturated carbocycles. The Balaban J connectivity index is 2.86. The Bertz CT molecular complexity index is 450. The monoisotopic (exact) mass is 259 g/mol. The van der Waals surface area contributed by atoms with Gasteiger partial charge in [-0.05, 0) is 24.6 Å². The molecule has 0 radical (unpaired) electrons. The molecular weight excluding hydrogens is 249 g/mol. The van der Waals surface area contributed by atoms with E-state index in [-0.39, 0.29) is 17.0 Å². The first-order valence-electron chi connectivity index (χ1n) is 4.94. The molecule has 0 aliphatic heterocycles. The molecule has 2 N–H and O–H groups in total. The molecule has 0 saturated heterocycles. The zero-order chi connectivity index (χ0) is 13.0. The summed E-state index contributed by atoms with van der Waals surface area (Å²) in [7, 11) is 0. The Labute approximate surface area is 102 Å². The lowest BCUT2D eigenvalue weighted by Crippen LogP contribution is -2.40. The van der Waals surface area contributed by atoms with E-state index < -0.39 is 23.7 Å². The fourth-order valence-electron chi connectivity index (χ4n) is 1.25. The van der Waals surface area contributed by atoms with Gasteiger partial charge in [0.2, 0.25) is 0 Å². The van der Waals surface area contributed by atoms with Crippen LogP contribution < -0.4 is 5.32 Å². The van der Waals surface area contributed by atoms with Gasteiger partial charge in [-0.15, -0.1) is 0 Å². The Kier molecular flexibility index (Phi) is 4.45.